The highest BCUT2D eigenvalue weighted by atomic mass is 19.4. The van der Waals surface area contributed by atoms with E-state index >= 15 is 0 Å². The van der Waals surface area contributed by atoms with Crippen LogP contribution in [0.15, 0.2) is 0 Å². The van der Waals surface area contributed by atoms with Crippen molar-refractivity contribution in [3.63, 3.8) is 0 Å². The van der Waals surface area contributed by atoms with Crippen LogP contribution in [-0.2, 0) is 9.59 Å². The molecule has 0 rings (SSSR count). The molecular weight excluding hydrogens is 229 g/mol. The number of nitrogens with one attached hydrogen (secondary N) is 2. The second kappa shape index (κ2) is 8.96. The van der Waals surface area contributed by atoms with Gasteiger partial charge in [-0.1, -0.05) is 13.3 Å². The number of amides is 1. The van der Waals surface area contributed by atoms with Gasteiger partial charge in [-0.25, -0.2) is 10.2 Å². The minimum atomic E-state index is -5.08. The zero-order chi connectivity index (χ0) is 13.2. The van der Waals surface area contributed by atoms with E-state index < -0.39 is 12.1 Å². The molecule has 0 fully saturated rings. The largest absolute Gasteiger partial charge is 0.490 e. The molecule has 8 heteroatoms. The molecule has 0 radical (unpaired) electrons. The first-order valence-corrected chi connectivity index (χ1v) is 4.51. The zero-order valence-corrected chi connectivity index (χ0v) is 9.02. The summed E-state index contributed by atoms with van der Waals surface area (Å²) in [5, 5.41) is 7.12. The zero-order valence-electron chi connectivity index (χ0n) is 9.02. The molecular formula is C8H15F3N2O3. The number of carboxylic acid groups (broad SMARTS) is 1. The molecule has 0 aromatic rings. The molecule has 16 heavy (non-hydrogen) atoms. The SMILES string of the molecule is CCCCC(=O)NNC.O=C(O)C(F)(F)F. The lowest BCUT2D eigenvalue weighted by atomic mass is 10.2. The minimum absolute atomic E-state index is 0.0688. The molecule has 96 valence electrons. The topological polar surface area (TPSA) is 78.4 Å². The molecule has 0 saturated heterocycles. The van der Waals surface area contributed by atoms with Gasteiger partial charge in [0.1, 0.15) is 0 Å². The third kappa shape index (κ3) is 12.7. The van der Waals surface area contributed by atoms with E-state index in [1.165, 1.54) is 0 Å². The van der Waals surface area contributed by atoms with Gasteiger partial charge in [-0.3, -0.25) is 10.2 Å². The maximum Gasteiger partial charge on any atom is 0.490 e. The predicted octanol–water partition coefficient (Wildman–Crippen LogP) is 1.06. The summed E-state index contributed by atoms with van der Waals surface area (Å²) < 4.78 is 31.7. The number of unbranched alkanes of at least 4 members (excludes halogenated alkanes) is 1. The molecule has 0 saturated carbocycles. The average Bonchev–Trinajstić information content (AvgIpc) is 2.14. The Morgan fingerprint density at radius 2 is 1.75 bits per heavy atom. The van der Waals surface area contributed by atoms with Gasteiger partial charge in [0, 0.05) is 13.5 Å². The van der Waals surface area contributed by atoms with Crippen molar-refractivity contribution in [1.82, 2.24) is 10.9 Å². The third-order valence-corrected chi connectivity index (χ3v) is 1.26. The maximum absolute atomic E-state index is 10.6. The Bertz CT molecular complexity index is 219. The molecule has 0 aliphatic carbocycles. The number of aliphatic carboxylic acids is 1. The third-order valence-electron chi connectivity index (χ3n) is 1.26. The molecule has 1 amide bonds. The van der Waals surface area contributed by atoms with E-state index in [-0.39, 0.29) is 5.91 Å². The lowest BCUT2D eigenvalue weighted by Gasteiger charge is -1.99. The lowest BCUT2D eigenvalue weighted by molar-refractivity contribution is -0.192. The van der Waals surface area contributed by atoms with E-state index in [1.54, 1.807) is 7.05 Å². The second-order valence-electron chi connectivity index (χ2n) is 2.70. The average molecular weight is 244 g/mol. The molecule has 0 heterocycles. The quantitative estimate of drug-likeness (QED) is 0.646. The Morgan fingerprint density at radius 1 is 1.31 bits per heavy atom. The molecule has 0 aliphatic heterocycles. The van der Waals surface area contributed by atoms with Crippen LogP contribution in [0.5, 0.6) is 0 Å². The molecule has 0 unspecified atom stereocenters. The normalized spacial score (nSPS) is 10.1. The van der Waals surface area contributed by atoms with E-state index in [4.69, 9.17) is 9.90 Å². The molecule has 0 bridgehead atoms. The van der Waals surface area contributed by atoms with E-state index in [0.29, 0.717) is 6.42 Å². The van der Waals surface area contributed by atoms with Crippen LogP contribution >= 0.6 is 0 Å². The summed E-state index contributed by atoms with van der Waals surface area (Å²) in [5.74, 6) is -2.69. The van der Waals surface area contributed by atoms with E-state index in [1.807, 2.05) is 0 Å². The van der Waals surface area contributed by atoms with Crippen molar-refractivity contribution in [2.45, 2.75) is 32.4 Å². The number of carboxylic acids is 1. The number of hydrogen-bond acceptors (Lipinski definition) is 3. The molecule has 5 nitrogen and oxygen atoms in total. The fraction of sp³-hybridized carbons (Fsp3) is 0.750. The number of hydrazine groups is 1. The standard InChI is InChI=1S/C6H14N2O.C2HF3O2/c1-3-4-5-6(9)8-7-2;3-2(4,5)1(6)7/h7H,3-5H2,1-2H3,(H,8,9);(H,6,7). The Hall–Kier alpha value is -1.31. The second-order valence-corrected chi connectivity index (χ2v) is 2.70. The summed E-state index contributed by atoms with van der Waals surface area (Å²) in [7, 11) is 1.68. The van der Waals surface area contributed by atoms with Crippen molar-refractivity contribution in [1.29, 1.82) is 0 Å². The van der Waals surface area contributed by atoms with Crippen molar-refractivity contribution >= 4 is 11.9 Å². The Labute approximate surface area is 91.0 Å². The maximum atomic E-state index is 10.6. The number of hydrogen-bond donors (Lipinski definition) is 3. The summed E-state index contributed by atoms with van der Waals surface area (Å²) in [6.45, 7) is 2.06. The molecule has 0 atom stereocenters. The number of carbonyl (C=O) groups excluding carboxylic acids is 1. The number of carbonyl (C=O) groups is 2. The minimum Gasteiger partial charge on any atom is -0.475 e. The first kappa shape index (κ1) is 17.1. The Morgan fingerprint density at radius 3 is 2.00 bits per heavy atom. The highest BCUT2D eigenvalue weighted by Crippen LogP contribution is 2.13. The molecule has 0 aromatic heterocycles. The van der Waals surface area contributed by atoms with Crippen LogP contribution in [0.3, 0.4) is 0 Å². The highest BCUT2D eigenvalue weighted by Gasteiger charge is 2.38. The summed E-state index contributed by atoms with van der Waals surface area (Å²) in [5.41, 5.74) is 5.07. The van der Waals surface area contributed by atoms with Crippen LogP contribution < -0.4 is 10.9 Å². The van der Waals surface area contributed by atoms with Crippen LogP contribution in [0.4, 0.5) is 13.2 Å². The van der Waals surface area contributed by atoms with Crippen LogP contribution in [-0.4, -0.2) is 30.2 Å². The summed E-state index contributed by atoms with van der Waals surface area (Å²) in [6.07, 6.45) is -2.43. The van der Waals surface area contributed by atoms with Gasteiger partial charge < -0.3 is 5.11 Å². The van der Waals surface area contributed by atoms with Gasteiger partial charge in [0.2, 0.25) is 5.91 Å². The van der Waals surface area contributed by atoms with E-state index in [0.717, 1.165) is 12.8 Å². The molecule has 0 aliphatic rings. The Kier molecular flexibility index (Phi) is 9.57. The van der Waals surface area contributed by atoms with Crippen LogP contribution in [0.2, 0.25) is 0 Å². The first-order chi connectivity index (χ1) is 7.25. The van der Waals surface area contributed by atoms with Gasteiger partial charge in [0.05, 0.1) is 0 Å². The fourth-order valence-electron chi connectivity index (χ4n) is 0.539. The fourth-order valence-corrected chi connectivity index (χ4v) is 0.539. The van der Waals surface area contributed by atoms with Gasteiger partial charge >= 0.3 is 12.1 Å². The van der Waals surface area contributed by atoms with Crippen molar-refractivity contribution in [3.8, 4) is 0 Å². The van der Waals surface area contributed by atoms with Crippen LogP contribution in [0, 0.1) is 0 Å². The van der Waals surface area contributed by atoms with Gasteiger partial charge in [-0.2, -0.15) is 13.2 Å². The monoisotopic (exact) mass is 244 g/mol. The Balaban J connectivity index is 0. The summed E-state index contributed by atoms with van der Waals surface area (Å²) in [4.78, 5) is 19.5. The smallest absolute Gasteiger partial charge is 0.475 e. The van der Waals surface area contributed by atoms with Crippen molar-refractivity contribution in [2.24, 2.45) is 0 Å². The van der Waals surface area contributed by atoms with Crippen LogP contribution in [0.25, 0.3) is 0 Å². The van der Waals surface area contributed by atoms with Gasteiger partial charge in [0.15, 0.2) is 0 Å². The molecule has 3 N–H and O–H groups in total. The highest BCUT2D eigenvalue weighted by molar-refractivity contribution is 5.75. The predicted molar refractivity (Wildman–Crippen MR) is 50.4 cm³/mol. The van der Waals surface area contributed by atoms with E-state index in [9.17, 15) is 18.0 Å². The summed E-state index contributed by atoms with van der Waals surface area (Å²) >= 11 is 0. The first-order valence-electron chi connectivity index (χ1n) is 4.51. The van der Waals surface area contributed by atoms with Crippen LogP contribution in [0.1, 0.15) is 26.2 Å². The van der Waals surface area contributed by atoms with Gasteiger partial charge in [-0.05, 0) is 6.42 Å². The summed E-state index contributed by atoms with van der Waals surface area (Å²) in [6, 6.07) is 0. The number of alkyl halides is 3. The molecule has 0 spiro atoms. The van der Waals surface area contributed by atoms with E-state index in [2.05, 4.69) is 17.8 Å². The van der Waals surface area contributed by atoms with Gasteiger partial charge in [-0.15, -0.1) is 0 Å². The van der Waals surface area contributed by atoms with Crippen molar-refractivity contribution < 1.29 is 27.9 Å². The van der Waals surface area contributed by atoms with Crippen molar-refractivity contribution in [2.75, 3.05) is 7.05 Å². The number of rotatable bonds is 4. The lowest BCUT2D eigenvalue weighted by Crippen LogP contribution is -2.33. The van der Waals surface area contributed by atoms with Crippen molar-refractivity contribution in [3.05, 3.63) is 0 Å². The molecule has 0 aromatic carbocycles. The van der Waals surface area contributed by atoms with Gasteiger partial charge in [0.25, 0.3) is 0 Å². The number of halogens is 3.